The van der Waals surface area contributed by atoms with E-state index in [1.807, 2.05) is 0 Å². The summed E-state index contributed by atoms with van der Waals surface area (Å²) in [5.74, 6) is -1.70. The third kappa shape index (κ3) is 4.60. The quantitative estimate of drug-likeness (QED) is 0.485. The largest absolute Gasteiger partial charge is 0.479 e. The molecule has 1 aliphatic heterocycles. The zero-order valence-corrected chi connectivity index (χ0v) is 17.5. The zero-order valence-electron chi connectivity index (χ0n) is 15.1. The molecule has 0 bridgehead atoms. The minimum Gasteiger partial charge on any atom is -0.479 e. The van der Waals surface area contributed by atoms with Crippen LogP contribution in [-0.4, -0.2) is 27.4 Å². The normalized spacial score (nSPS) is 16.4. The molecular formula is C20H15ClFNO4S2. The van der Waals surface area contributed by atoms with Crippen molar-refractivity contribution in [1.82, 2.24) is 0 Å². The summed E-state index contributed by atoms with van der Waals surface area (Å²) in [6.07, 6.45) is 0.881. The molecule has 1 N–H and O–H groups in total. The van der Waals surface area contributed by atoms with Gasteiger partial charge < -0.3 is 9.84 Å². The highest BCUT2D eigenvalue weighted by atomic mass is 35.5. The minimum atomic E-state index is -1.07. The van der Waals surface area contributed by atoms with Crippen molar-refractivity contribution in [2.24, 2.45) is 0 Å². The van der Waals surface area contributed by atoms with Crippen LogP contribution in [0.25, 0.3) is 6.08 Å². The predicted octanol–water partition coefficient (Wildman–Crippen LogP) is 5.13. The lowest BCUT2D eigenvalue weighted by molar-refractivity contribution is -0.145. The van der Waals surface area contributed by atoms with Crippen LogP contribution in [0.1, 0.15) is 18.9 Å². The van der Waals surface area contributed by atoms with Gasteiger partial charge in [-0.3, -0.25) is 9.69 Å². The summed E-state index contributed by atoms with van der Waals surface area (Å²) in [7, 11) is 0. The first kappa shape index (κ1) is 21.3. The van der Waals surface area contributed by atoms with Crippen molar-refractivity contribution in [3.63, 3.8) is 0 Å². The van der Waals surface area contributed by atoms with E-state index in [-0.39, 0.29) is 21.7 Å². The van der Waals surface area contributed by atoms with Crippen molar-refractivity contribution in [3.05, 3.63) is 63.8 Å². The molecule has 2 aromatic carbocycles. The number of benzene rings is 2. The van der Waals surface area contributed by atoms with Gasteiger partial charge in [-0.1, -0.05) is 60.7 Å². The van der Waals surface area contributed by atoms with Crippen LogP contribution in [0, 0.1) is 5.82 Å². The lowest BCUT2D eigenvalue weighted by Crippen LogP contribution is -2.27. The van der Waals surface area contributed by atoms with Gasteiger partial charge in [0.2, 0.25) is 0 Å². The molecule has 9 heteroatoms. The average molecular weight is 452 g/mol. The second kappa shape index (κ2) is 8.94. The summed E-state index contributed by atoms with van der Waals surface area (Å²) in [6.45, 7) is 1.71. The number of aliphatic carboxylic acids is 1. The lowest BCUT2D eigenvalue weighted by atomic mass is 10.1. The molecule has 150 valence electrons. The van der Waals surface area contributed by atoms with Gasteiger partial charge in [-0.2, -0.15) is 0 Å². The van der Waals surface area contributed by atoms with Crippen LogP contribution in [0.4, 0.5) is 10.1 Å². The number of carbonyl (C=O) groups is 2. The average Bonchev–Trinajstić information content (AvgIpc) is 2.96. The van der Waals surface area contributed by atoms with Gasteiger partial charge in [0.15, 0.2) is 10.4 Å². The van der Waals surface area contributed by atoms with E-state index in [1.54, 1.807) is 37.3 Å². The molecule has 0 spiro atoms. The Hall–Kier alpha value is -2.42. The fourth-order valence-corrected chi connectivity index (χ4v) is 4.09. The van der Waals surface area contributed by atoms with E-state index in [9.17, 15) is 19.1 Å². The smallest absolute Gasteiger partial charge is 0.344 e. The number of anilines is 1. The number of thiocarbonyl (C=S) groups is 1. The number of carboxylic acids is 1. The topological polar surface area (TPSA) is 66.8 Å². The number of ether oxygens (including phenoxy) is 1. The van der Waals surface area contributed by atoms with Crippen molar-refractivity contribution in [2.45, 2.75) is 19.4 Å². The number of carbonyl (C=O) groups excluding carboxylic acids is 1. The Morgan fingerprint density at radius 3 is 2.76 bits per heavy atom. The Kier molecular flexibility index (Phi) is 6.56. The monoisotopic (exact) mass is 451 g/mol. The van der Waals surface area contributed by atoms with Gasteiger partial charge in [0.1, 0.15) is 11.6 Å². The van der Waals surface area contributed by atoms with Crippen LogP contribution >= 0.6 is 35.6 Å². The van der Waals surface area contributed by atoms with E-state index in [0.717, 1.165) is 11.8 Å². The summed E-state index contributed by atoms with van der Waals surface area (Å²) in [6, 6.07) is 10.7. The molecular weight excluding hydrogens is 437 g/mol. The van der Waals surface area contributed by atoms with E-state index in [4.69, 9.17) is 28.6 Å². The number of thioether (sulfide) groups is 1. The fraction of sp³-hybridized carbons (Fsp3) is 0.150. The number of rotatable bonds is 6. The number of hydrogen-bond acceptors (Lipinski definition) is 5. The molecule has 1 fully saturated rings. The SMILES string of the molecule is CCC(Oc1ccccc1/C=C1/SC(=S)N(c2ccc(F)c(Cl)c2)C1=O)C(=O)O. The molecule has 1 heterocycles. The summed E-state index contributed by atoms with van der Waals surface area (Å²) < 4.78 is 19.3. The molecule has 5 nitrogen and oxygen atoms in total. The van der Waals surface area contributed by atoms with E-state index in [2.05, 4.69) is 0 Å². The van der Waals surface area contributed by atoms with Gasteiger partial charge in [0, 0.05) is 5.56 Å². The molecule has 0 aromatic heterocycles. The molecule has 1 atom stereocenters. The number of halogens is 2. The first-order valence-corrected chi connectivity index (χ1v) is 10.1. The zero-order chi connectivity index (χ0) is 21.1. The van der Waals surface area contributed by atoms with Crippen molar-refractivity contribution in [3.8, 4) is 5.75 Å². The first-order valence-electron chi connectivity index (χ1n) is 8.53. The van der Waals surface area contributed by atoms with Crippen molar-refractivity contribution < 1.29 is 23.8 Å². The Morgan fingerprint density at radius 1 is 1.38 bits per heavy atom. The highest BCUT2D eigenvalue weighted by Crippen LogP contribution is 2.38. The second-order valence-electron chi connectivity index (χ2n) is 6.01. The Balaban J connectivity index is 1.92. The Labute approximate surface area is 181 Å². The predicted molar refractivity (Wildman–Crippen MR) is 116 cm³/mol. The summed E-state index contributed by atoms with van der Waals surface area (Å²) in [5.41, 5.74) is 0.911. The number of carboxylic acid groups (broad SMARTS) is 1. The van der Waals surface area contributed by atoms with Crippen molar-refractivity contribution >= 4 is 63.5 Å². The highest BCUT2D eigenvalue weighted by molar-refractivity contribution is 8.27. The van der Waals surface area contributed by atoms with E-state index < -0.39 is 17.9 Å². The highest BCUT2D eigenvalue weighted by Gasteiger charge is 2.34. The van der Waals surface area contributed by atoms with Gasteiger partial charge in [0.25, 0.3) is 5.91 Å². The maximum Gasteiger partial charge on any atom is 0.344 e. The Morgan fingerprint density at radius 2 is 2.10 bits per heavy atom. The maximum absolute atomic E-state index is 13.4. The molecule has 0 aliphatic carbocycles. The summed E-state index contributed by atoms with van der Waals surface area (Å²) in [5, 5.41) is 9.12. The molecule has 1 saturated heterocycles. The van der Waals surface area contributed by atoms with Gasteiger partial charge >= 0.3 is 5.97 Å². The van der Waals surface area contributed by atoms with Crippen LogP contribution in [0.5, 0.6) is 5.75 Å². The van der Waals surface area contributed by atoms with E-state index >= 15 is 0 Å². The molecule has 0 radical (unpaired) electrons. The number of amides is 1. The van der Waals surface area contributed by atoms with Gasteiger partial charge in [-0.25, -0.2) is 9.18 Å². The molecule has 0 saturated carbocycles. The van der Waals surface area contributed by atoms with Crippen LogP contribution in [0.2, 0.25) is 5.02 Å². The number of para-hydroxylation sites is 1. The molecule has 29 heavy (non-hydrogen) atoms. The third-order valence-electron chi connectivity index (χ3n) is 4.08. The second-order valence-corrected chi connectivity index (χ2v) is 8.09. The van der Waals surface area contributed by atoms with Crippen LogP contribution in [0.15, 0.2) is 47.4 Å². The summed E-state index contributed by atoms with van der Waals surface area (Å²) >= 11 is 12.2. The standard InChI is InChI=1S/C20H15ClFNO4S2/c1-2-15(19(25)26)27-16-6-4-3-5-11(16)9-17-18(24)23(20(28)29-17)12-7-8-14(22)13(21)10-12/h3-10,15H,2H2,1H3,(H,25,26)/b17-9+. The minimum absolute atomic E-state index is 0.112. The van der Waals surface area contributed by atoms with Crippen molar-refractivity contribution in [1.29, 1.82) is 0 Å². The molecule has 1 amide bonds. The van der Waals surface area contributed by atoms with Gasteiger partial charge in [-0.05, 0) is 36.8 Å². The van der Waals surface area contributed by atoms with Crippen LogP contribution < -0.4 is 9.64 Å². The van der Waals surface area contributed by atoms with E-state index in [1.165, 1.54) is 23.1 Å². The summed E-state index contributed by atoms with van der Waals surface area (Å²) in [4.78, 5) is 25.8. The van der Waals surface area contributed by atoms with Crippen LogP contribution in [-0.2, 0) is 9.59 Å². The maximum atomic E-state index is 13.4. The molecule has 2 aromatic rings. The van der Waals surface area contributed by atoms with Crippen molar-refractivity contribution in [2.75, 3.05) is 4.90 Å². The van der Waals surface area contributed by atoms with Gasteiger partial charge in [-0.15, -0.1) is 0 Å². The number of nitrogens with zero attached hydrogens (tertiary/aromatic N) is 1. The van der Waals surface area contributed by atoms with Crippen LogP contribution in [0.3, 0.4) is 0 Å². The first-order chi connectivity index (χ1) is 13.8. The number of hydrogen-bond donors (Lipinski definition) is 1. The third-order valence-corrected chi connectivity index (χ3v) is 5.67. The van der Waals surface area contributed by atoms with Gasteiger partial charge in [0.05, 0.1) is 15.6 Å². The van der Waals surface area contributed by atoms with E-state index in [0.29, 0.717) is 21.9 Å². The Bertz CT molecular complexity index is 1030. The lowest BCUT2D eigenvalue weighted by Gasteiger charge is -2.15. The molecule has 3 rings (SSSR count). The fourth-order valence-electron chi connectivity index (χ4n) is 2.62. The molecule has 1 aliphatic rings. The molecule has 1 unspecified atom stereocenters.